The van der Waals surface area contributed by atoms with Crippen LogP contribution in [0.3, 0.4) is 0 Å². The second-order valence-electron chi connectivity index (χ2n) is 9.70. The van der Waals surface area contributed by atoms with E-state index < -0.39 is 17.9 Å². The third-order valence-electron chi connectivity index (χ3n) is 7.30. The average molecular weight is 546 g/mol. The molecule has 196 valence electrons. The third-order valence-corrected chi connectivity index (χ3v) is 7.88. The number of aromatic amines is 1. The van der Waals surface area contributed by atoms with Crippen LogP contribution in [0.15, 0.2) is 48.5 Å². The summed E-state index contributed by atoms with van der Waals surface area (Å²) in [6, 6.07) is 13.8. The van der Waals surface area contributed by atoms with Gasteiger partial charge in [0.2, 0.25) is 0 Å². The number of carbonyl (C=O) groups is 1. The van der Waals surface area contributed by atoms with Gasteiger partial charge in [-0.3, -0.25) is 5.43 Å². The second kappa shape index (κ2) is 11.4. The highest BCUT2D eigenvalue weighted by Gasteiger charge is 2.40. The van der Waals surface area contributed by atoms with Crippen molar-refractivity contribution in [1.82, 2.24) is 31.5 Å². The van der Waals surface area contributed by atoms with Crippen LogP contribution in [0.2, 0.25) is 10.2 Å². The maximum absolute atomic E-state index is 14.2. The molecule has 1 saturated carbocycles. The van der Waals surface area contributed by atoms with Crippen molar-refractivity contribution >= 4 is 29.2 Å². The van der Waals surface area contributed by atoms with E-state index in [1.54, 1.807) is 12.1 Å². The number of aromatic nitrogens is 2. The molecule has 2 aromatic carbocycles. The van der Waals surface area contributed by atoms with Gasteiger partial charge in [-0.25, -0.2) is 19.6 Å². The van der Waals surface area contributed by atoms with E-state index in [1.807, 2.05) is 30.3 Å². The van der Waals surface area contributed by atoms with E-state index in [0.717, 1.165) is 30.5 Å². The number of nitrogens with two attached hydrogens (primary N) is 1. The smallest absolute Gasteiger partial charge is 0.315 e. The van der Waals surface area contributed by atoms with Crippen molar-refractivity contribution in [2.75, 3.05) is 0 Å². The lowest BCUT2D eigenvalue weighted by Crippen LogP contribution is -2.39. The van der Waals surface area contributed by atoms with Crippen LogP contribution in [0.1, 0.15) is 53.9 Å². The maximum atomic E-state index is 14.2. The van der Waals surface area contributed by atoms with Gasteiger partial charge in [0, 0.05) is 30.0 Å². The summed E-state index contributed by atoms with van der Waals surface area (Å²) < 4.78 is 14.2. The number of imidazole rings is 1. The summed E-state index contributed by atoms with van der Waals surface area (Å²) in [6.07, 6.45) is 3.27. The van der Waals surface area contributed by atoms with Gasteiger partial charge < -0.3 is 21.4 Å². The number of amides is 2. The largest absolute Gasteiger partial charge is 0.343 e. The van der Waals surface area contributed by atoms with Crippen molar-refractivity contribution in [3.63, 3.8) is 0 Å². The van der Waals surface area contributed by atoms with Crippen LogP contribution in [-0.4, -0.2) is 28.2 Å². The molecule has 5 atom stereocenters. The number of hydrazine groups is 1. The van der Waals surface area contributed by atoms with E-state index in [1.165, 1.54) is 6.07 Å². The summed E-state index contributed by atoms with van der Waals surface area (Å²) in [5.74, 6) is 0.615. The molecule has 7 N–H and O–H groups in total. The van der Waals surface area contributed by atoms with Crippen molar-refractivity contribution in [2.45, 2.75) is 56.4 Å². The number of urea groups is 1. The molecule has 1 aliphatic carbocycles. The van der Waals surface area contributed by atoms with Gasteiger partial charge in [0.15, 0.2) is 5.15 Å². The predicted octanol–water partition coefficient (Wildman–Crippen LogP) is 4.28. The fourth-order valence-corrected chi connectivity index (χ4v) is 5.80. The SMILES string of the molecule is NC1NNC2CC(c3[nH]c([C@H](Cc4ccccc4)NC(=O)NCc4cccc(Cl)c4F)nc3Cl)CCC12. The number of nitrogens with zero attached hydrogens (tertiary/aromatic N) is 1. The molecule has 0 spiro atoms. The molecule has 1 aromatic heterocycles. The van der Waals surface area contributed by atoms with E-state index in [2.05, 4.69) is 31.5 Å². The Labute approximate surface area is 224 Å². The normalized spacial score (nSPS) is 23.9. The summed E-state index contributed by atoms with van der Waals surface area (Å²) >= 11 is 12.5. The molecule has 5 rings (SSSR count). The lowest BCUT2D eigenvalue weighted by atomic mass is 9.77. The Balaban J connectivity index is 1.31. The zero-order valence-electron chi connectivity index (χ0n) is 20.1. The first-order chi connectivity index (χ1) is 17.9. The molecule has 11 heteroatoms. The van der Waals surface area contributed by atoms with Gasteiger partial charge in [-0.2, -0.15) is 0 Å². The zero-order chi connectivity index (χ0) is 25.9. The molecule has 8 nitrogen and oxygen atoms in total. The van der Waals surface area contributed by atoms with Crippen molar-refractivity contribution in [3.8, 4) is 0 Å². The Bertz CT molecular complexity index is 1240. The standard InChI is InChI=1S/C26H30Cl2FN7O/c27-18-8-4-7-16(21(18)29)13-31-26(37)32-20(11-14-5-2-1-3-6-14)25-33-22(23(28)34-25)15-9-10-17-19(12-15)35-36-24(17)30/h1-8,15,17,19-20,24,35-36H,9-13,30H2,(H,33,34)(H2,31,32,37)/t15?,17?,19?,20-,24?/m0/s1. The molecule has 0 bridgehead atoms. The topological polar surface area (TPSA) is 120 Å². The highest BCUT2D eigenvalue weighted by atomic mass is 35.5. The molecule has 2 heterocycles. The third kappa shape index (κ3) is 5.91. The molecule has 37 heavy (non-hydrogen) atoms. The highest BCUT2D eigenvalue weighted by molar-refractivity contribution is 6.30. The molecule has 2 fully saturated rings. The van der Waals surface area contributed by atoms with E-state index in [-0.39, 0.29) is 29.7 Å². The van der Waals surface area contributed by atoms with Gasteiger partial charge in [0.1, 0.15) is 11.6 Å². The minimum atomic E-state index is -0.546. The summed E-state index contributed by atoms with van der Waals surface area (Å²) in [6.45, 7) is -0.00571. The highest BCUT2D eigenvalue weighted by Crippen LogP contribution is 2.40. The minimum absolute atomic E-state index is 0.00571. The van der Waals surface area contributed by atoms with Crippen LogP contribution in [0, 0.1) is 11.7 Å². The Hall–Kier alpha value is -2.69. The van der Waals surface area contributed by atoms with Gasteiger partial charge in [0.25, 0.3) is 0 Å². The molecule has 1 aliphatic heterocycles. The van der Waals surface area contributed by atoms with E-state index in [9.17, 15) is 9.18 Å². The van der Waals surface area contributed by atoms with Gasteiger partial charge in [-0.1, -0.05) is 65.7 Å². The van der Waals surface area contributed by atoms with Crippen LogP contribution in [0.25, 0.3) is 0 Å². The van der Waals surface area contributed by atoms with Crippen LogP contribution < -0.4 is 27.2 Å². The first-order valence-corrected chi connectivity index (χ1v) is 13.2. The molecule has 3 aromatic rings. The summed E-state index contributed by atoms with van der Waals surface area (Å²) in [5, 5.41) is 6.12. The van der Waals surface area contributed by atoms with E-state index in [4.69, 9.17) is 28.9 Å². The quantitative estimate of drug-likeness (QED) is 0.264. The minimum Gasteiger partial charge on any atom is -0.343 e. The Morgan fingerprint density at radius 3 is 2.76 bits per heavy atom. The number of fused-ring (bicyclic) bond motifs is 1. The fraction of sp³-hybridized carbons (Fsp3) is 0.385. The number of rotatable bonds is 7. The number of halogens is 3. The molecule has 4 unspecified atom stereocenters. The fourth-order valence-electron chi connectivity index (χ4n) is 5.32. The summed E-state index contributed by atoms with van der Waals surface area (Å²) in [7, 11) is 0. The second-order valence-corrected chi connectivity index (χ2v) is 10.5. The van der Waals surface area contributed by atoms with Crippen LogP contribution >= 0.6 is 23.2 Å². The van der Waals surface area contributed by atoms with Gasteiger partial charge in [0.05, 0.1) is 22.9 Å². The Morgan fingerprint density at radius 2 is 1.95 bits per heavy atom. The maximum Gasteiger partial charge on any atom is 0.315 e. The zero-order valence-corrected chi connectivity index (χ0v) is 21.6. The molecule has 1 saturated heterocycles. The molecule has 2 aliphatic rings. The molecular formula is C26H30Cl2FN7O. The van der Waals surface area contributed by atoms with Crippen molar-refractivity contribution in [1.29, 1.82) is 0 Å². The average Bonchev–Trinajstić information content (AvgIpc) is 3.47. The van der Waals surface area contributed by atoms with Crippen LogP contribution in [0.4, 0.5) is 9.18 Å². The van der Waals surface area contributed by atoms with Crippen LogP contribution in [-0.2, 0) is 13.0 Å². The van der Waals surface area contributed by atoms with Gasteiger partial charge >= 0.3 is 6.03 Å². The number of H-pyrrole nitrogens is 1. The molecular weight excluding hydrogens is 516 g/mol. The lowest BCUT2D eigenvalue weighted by molar-refractivity contribution is 0.236. The van der Waals surface area contributed by atoms with Crippen molar-refractivity contribution < 1.29 is 9.18 Å². The van der Waals surface area contributed by atoms with E-state index >= 15 is 0 Å². The molecule has 0 radical (unpaired) electrons. The first kappa shape index (κ1) is 25.9. The Morgan fingerprint density at radius 1 is 1.14 bits per heavy atom. The molecule has 2 amide bonds. The number of nitrogens with one attached hydrogen (secondary N) is 5. The predicted molar refractivity (Wildman–Crippen MR) is 141 cm³/mol. The Kier molecular flexibility index (Phi) is 7.97. The van der Waals surface area contributed by atoms with Crippen LogP contribution in [0.5, 0.6) is 0 Å². The lowest BCUT2D eigenvalue weighted by Gasteiger charge is -2.31. The van der Waals surface area contributed by atoms with E-state index in [0.29, 0.717) is 28.9 Å². The number of hydrogen-bond acceptors (Lipinski definition) is 5. The number of hydrogen-bond donors (Lipinski definition) is 6. The van der Waals surface area contributed by atoms with Gasteiger partial charge in [-0.05, 0) is 37.3 Å². The van der Waals surface area contributed by atoms with Crippen molar-refractivity contribution in [2.24, 2.45) is 11.7 Å². The summed E-state index contributed by atoms with van der Waals surface area (Å²) in [4.78, 5) is 20.9. The number of carbonyl (C=O) groups excluding carboxylic acids is 1. The van der Waals surface area contributed by atoms with Gasteiger partial charge in [-0.15, -0.1) is 0 Å². The number of benzene rings is 2. The monoisotopic (exact) mass is 545 g/mol. The van der Waals surface area contributed by atoms with Crippen molar-refractivity contribution in [3.05, 3.63) is 87.2 Å². The summed E-state index contributed by atoms with van der Waals surface area (Å²) in [5.41, 5.74) is 14.8. The first-order valence-electron chi connectivity index (χ1n) is 12.4.